The predicted octanol–water partition coefficient (Wildman–Crippen LogP) is 3.43. The van der Waals surface area contributed by atoms with Gasteiger partial charge in [-0.3, -0.25) is 19.2 Å². The van der Waals surface area contributed by atoms with E-state index in [1.54, 1.807) is 24.8 Å². The molecule has 9 heteroatoms. The maximum atomic E-state index is 13.2. The third kappa shape index (κ3) is 3.89. The first-order valence-electron chi connectivity index (χ1n) is 9.61. The summed E-state index contributed by atoms with van der Waals surface area (Å²) < 4.78 is 47.0. The highest BCUT2D eigenvalue weighted by Crippen LogP contribution is 2.34. The SMILES string of the molecule is Cc1nc2n(c(=O)c1C)CN(C[C@H]1CCCO1)CN2c1cccc(C(F)(F)F)c1. The summed E-state index contributed by atoms with van der Waals surface area (Å²) in [5.41, 5.74) is 0.550. The van der Waals surface area contributed by atoms with E-state index in [-0.39, 0.29) is 11.7 Å². The van der Waals surface area contributed by atoms with Crippen molar-refractivity contribution in [3.05, 3.63) is 51.4 Å². The van der Waals surface area contributed by atoms with E-state index in [0.717, 1.165) is 25.0 Å². The van der Waals surface area contributed by atoms with Crippen molar-refractivity contribution in [2.24, 2.45) is 0 Å². The predicted molar refractivity (Wildman–Crippen MR) is 102 cm³/mol. The molecular weight excluding hydrogens is 385 g/mol. The third-order valence-corrected chi connectivity index (χ3v) is 5.51. The number of aryl methyl sites for hydroxylation is 1. The maximum Gasteiger partial charge on any atom is 0.416 e. The molecule has 1 atom stereocenters. The molecule has 0 radical (unpaired) electrons. The van der Waals surface area contributed by atoms with Crippen LogP contribution < -0.4 is 10.5 Å². The minimum absolute atomic E-state index is 0.0649. The van der Waals surface area contributed by atoms with Crippen molar-refractivity contribution in [1.29, 1.82) is 0 Å². The Morgan fingerprint density at radius 2 is 2.03 bits per heavy atom. The second-order valence-corrected chi connectivity index (χ2v) is 7.60. The Bertz CT molecular complexity index is 967. The molecule has 0 aliphatic carbocycles. The van der Waals surface area contributed by atoms with Crippen LogP contribution in [0.1, 0.15) is 29.7 Å². The number of nitrogens with zero attached hydrogens (tertiary/aromatic N) is 4. The lowest BCUT2D eigenvalue weighted by atomic mass is 10.1. The molecule has 0 bridgehead atoms. The lowest BCUT2D eigenvalue weighted by Gasteiger charge is -2.39. The van der Waals surface area contributed by atoms with Crippen LogP contribution in [0.4, 0.5) is 24.8 Å². The minimum Gasteiger partial charge on any atom is -0.377 e. The smallest absolute Gasteiger partial charge is 0.377 e. The number of aromatic nitrogens is 2. The summed E-state index contributed by atoms with van der Waals surface area (Å²) in [6.45, 7) is 5.43. The van der Waals surface area contributed by atoms with Crippen LogP contribution in [-0.2, 0) is 17.6 Å². The standard InChI is InChI=1S/C20H23F3N4O2/c1-13-14(2)24-19-26(16-6-3-5-15(9-16)20(21,22)23)11-25(12-27(19)18(13)28)10-17-7-4-8-29-17/h3,5-6,9,17H,4,7-8,10-12H2,1-2H3/t17-/m1/s1. The van der Waals surface area contributed by atoms with Crippen LogP contribution in [0.25, 0.3) is 0 Å². The average molecular weight is 408 g/mol. The van der Waals surface area contributed by atoms with Gasteiger partial charge in [-0.1, -0.05) is 6.07 Å². The van der Waals surface area contributed by atoms with E-state index in [9.17, 15) is 18.0 Å². The normalized spacial score (nSPS) is 20.2. The van der Waals surface area contributed by atoms with Crippen LogP contribution in [0.15, 0.2) is 29.1 Å². The van der Waals surface area contributed by atoms with Gasteiger partial charge in [-0.15, -0.1) is 0 Å². The summed E-state index contributed by atoms with van der Waals surface area (Å²) in [7, 11) is 0. The molecule has 2 aliphatic rings. The van der Waals surface area contributed by atoms with E-state index in [1.165, 1.54) is 10.6 Å². The molecule has 0 saturated carbocycles. The first kappa shape index (κ1) is 19.9. The van der Waals surface area contributed by atoms with E-state index < -0.39 is 11.7 Å². The molecule has 1 fully saturated rings. The van der Waals surface area contributed by atoms with Crippen molar-refractivity contribution < 1.29 is 17.9 Å². The third-order valence-electron chi connectivity index (χ3n) is 5.51. The molecule has 0 unspecified atom stereocenters. The molecular formula is C20H23F3N4O2. The van der Waals surface area contributed by atoms with Gasteiger partial charge in [0.2, 0.25) is 5.95 Å². The van der Waals surface area contributed by atoms with Crippen LogP contribution in [0.5, 0.6) is 0 Å². The highest BCUT2D eigenvalue weighted by Gasteiger charge is 2.33. The fourth-order valence-electron chi connectivity index (χ4n) is 3.82. The van der Waals surface area contributed by atoms with Crippen LogP contribution in [-0.4, -0.2) is 40.4 Å². The highest BCUT2D eigenvalue weighted by atomic mass is 19.4. The van der Waals surface area contributed by atoms with Crippen LogP contribution >= 0.6 is 0 Å². The largest absolute Gasteiger partial charge is 0.416 e. The van der Waals surface area contributed by atoms with Crippen LogP contribution in [0.3, 0.4) is 0 Å². The van der Waals surface area contributed by atoms with Gasteiger partial charge in [0.25, 0.3) is 5.56 Å². The van der Waals surface area contributed by atoms with Gasteiger partial charge in [0.15, 0.2) is 0 Å². The molecule has 2 aliphatic heterocycles. The van der Waals surface area contributed by atoms with Gasteiger partial charge >= 0.3 is 6.18 Å². The maximum absolute atomic E-state index is 13.2. The second kappa shape index (κ2) is 7.46. The van der Waals surface area contributed by atoms with E-state index in [2.05, 4.69) is 4.98 Å². The summed E-state index contributed by atoms with van der Waals surface area (Å²) in [5.74, 6) is 0.362. The summed E-state index contributed by atoms with van der Waals surface area (Å²) >= 11 is 0. The second-order valence-electron chi connectivity index (χ2n) is 7.60. The molecule has 4 rings (SSSR count). The highest BCUT2D eigenvalue weighted by molar-refractivity contribution is 5.59. The number of fused-ring (bicyclic) bond motifs is 1. The van der Waals surface area contributed by atoms with Gasteiger partial charge in [0.05, 0.1) is 25.0 Å². The van der Waals surface area contributed by atoms with Gasteiger partial charge in [0, 0.05) is 30.1 Å². The number of anilines is 2. The summed E-state index contributed by atoms with van der Waals surface area (Å²) in [5, 5.41) is 0. The Labute approximate surface area is 166 Å². The monoisotopic (exact) mass is 408 g/mol. The van der Waals surface area contributed by atoms with E-state index >= 15 is 0 Å². The number of hydrogen-bond acceptors (Lipinski definition) is 5. The Kier molecular flexibility index (Phi) is 5.12. The van der Waals surface area contributed by atoms with Gasteiger partial charge < -0.3 is 4.74 Å². The molecule has 2 aromatic rings. The van der Waals surface area contributed by atoms with Crippen molar-refractivity contribution in [2.75, 3.05) is 24.7 Å². The number of rotatable bonds is 3. The van der Waals surface area contributed by atoms with Gasteiger partial charge in [-0.2, -0.15) is 13.2 Å². The summed E-state index contributed by atoms with van der Waals surface area (Å²) in [6, 6.07) is 5.12. The molecule has 0 N–H and O–H groups in total. The Hall–Kier alpha value is -2.39. The van der Waals surface area contributed by atoms with Crippen molar-refractivity contribution in [3.8, 4) is 0 Å². The Morgan fingerprint density at radius 3 is 2.72 bits per heavy atom. The molecule has 156 valence electrons. The fourth-order valence-corrected chi connectivity index (χ4v) is 3.82. The quantitative estimate of drug-likeness (QED) is 0.779. The number of halogens is 3. The molecule has 29 heavy (non-hydrogen) atoms. The summed E-state index contributed by atoms with van der Waals surface area (Å²) in [4.78, 5) is 21.1. The van der Waals surface area contributed by atoms with Gasteiger partial charge in [0.1, 0.15) is 0 Å². The zero-order valence-electron chi connectivity index (χ0n) is 16.4. The molecule has 1 saturated heterocycles. The van der Waals surface area contributed by atoms with Gasteiger partial charge in [-0.25, -0.2) is 4.98 Å². The number of alkyl halides is 3. The minimum atomic E-state index is -4.44. The Balaban J connectivity index is 1.77. The molecule has 6 nitrogen and oxygen atoms in total. The fraction of sp³-hybridized carbons (Fsp3) is 0.500. The lowest BCUT2D eigenvalue weighted by Crippen LogP contribution is -2.49. The first-order valence-corrected chi connectivity index (χ1v) is 9.61. The van der Waals surface area contributed by atoms with Crippen molar-refractivity contribution >= 4 is 11.6 Å². The summed E-state index contributed by atoms with van der Waals surface area (Å²) in [6.07, 6.45) is -2.45. The van der Waals surface area contributed by atoms with Gasteiger partial charge in [-0.05, 0) is 44.9 Å². The number of hydrogen-bond donors (Lipinski definition) is 0. The Morgan fingerprint density at radius 1 is 1.24 bits per heavy atom. The number of ether oxygens (including phenoxy) is 1. The topological polar surface area (TPSA) is 50.6 Å². The lowest BCUT2D eigenvalue weighted by molar-refractivity contribution is -0.137. The van der Waals surface area contributed by atoms with Crippen LogP contribution in [0, 0.1) is 13.8 Å². The zero-order valence-corrected chi connectivity index (χ0v) is 16.4. The van der Waals surface area contributed by atoms with Crippen molar-refractivity contribution in [1.82, 2.24) is 14.5 Å². The molecule has 3 heterocycles. The first-order chi connectivity index (χ1) is 13.7. The number of benzene rings is 1. The van der Waals surface area contributed by atoms with Crippen molar-refractivity contribution in [2.45, 2.75) is 45.6 Å². The van der Waals surface area contributed by atoms with E-state index in [4.69, 9.17) is 4.74 Å². The molecule has 0 spiro atoms. The zero-order chi connectivity index (χ0) is 20.8. The molecule has 1 aromatic carbocycles. The van der Waals surface area contributed by atoms with Crippen LogP contribution in [0.2, 0.25) is 0 Å². The molecule has 1 aromatic heterocycles. The van der Waals surface area contributed by atoms with E-state index in [1.807, 2.05) is 4.90 Å². The van der Waals surface area contributed by atoms with Crippen molar-refractivity contribution in [3.63, 3.8) is 0 Å². The average Bonchev–Trinajstić information content (AvgIpc) is 3.19. The van der Waals surface area contributed by atoms with E-state index in [0.29, 0.717) is 49.4 Å². The molecule has 0 amide bonds.